The molecular formula is C29H30ClN9O. The third-order valence-corrected chi connectivity index (χ3v) is 6.99. The molecule has 1 saturated carbocycles. The first-order valence-corrected chi connectivity index (χ1v) is 13.5. The van der Waals surface area contributed by atoms with Gasteiger partial charge in [-0.1, -0.05) is 44.5 Å². The normalized spacial score (nSPS) is 13.4. The highest BCUT2D eigenvalue weighted by Crippen LogP contribution is 2.31. The van der Waals surface area contributed by atoms with E-state index in [-0.39, 0.29) is 11.4 Å². The third kappa shape index (κ3) is 5.22. The third-order valence-electron chi connectivity index (χ3n) is 6.75. The summed E-state index contributed by atoms with van der Waals surface area (Å²) in [6, 6.07) is 15.0. The maximum Gasteiger partial charge on any atom is 0.324 e. The molecule has 3 N–H and O–H groups in total. The van der Waals surface area contributed by atoms with E-state index in [1.165, 1.54) is 6.33 Å². The lowest BCUT2D eigenvalue weighted by Gasteiger charge is -2.14. The molecule has 204 valence electrons. The van der Waals surface area contributed by atoms with E-state index in [0.29, 0.717) is 28.2 Å². The van der Waals surface area contributed by atoms with Gasteiger partial charge < -0.3 is 10.6 Å². The van der Waals surface area contributed by atoms with Crippen molar-refractivity contribution in [1.29, 1.82) is 0 Å². The van der Waals surface area contributed by atoms with Crippen LogP contribution in [0.3, 0.4) is 0 Å². The molecule has 2 amide bonds. The van der Waals surface area contributed by atoms with Crippen LogP contribution >= 0.6 is 11.6 Å². The number of aromatic nitrogens is 6. The average Bonchev–Trinajstić information content (AvgIpc) is 3.38. The van der Waals surface area contributed by atoms with Crippen molar-refractivity contribution in [1.82, 2.24) is 29.4 Å². The molecule has 2 aromatic carbocycles. The van der Waals surface area contributed by atoms with Crippen molar-refractivity contribution in [2.75, 3.05) is 16.0 Å². The Balaban J connectivity index is 1.23. The van der Waals surface area contributed by atoms with Crippen LogP contribution in [0.4, 0.5) is 22.1 Å². The maximum absolute atomic E-state index is 13.1. The van der Waals surface area contributed by atoms with Crippen LogP contribution in [0.1, 0.15) is 44.9 Å². The summed E-state index contributed by atoms with van der Waals surface area (Å²) in [7, 11) is 0. The van der Waals surface area contributed by atoms with Crippen LogP contribution in [0.15, 0.2) is 61.1 Å². The summed E-state index contributed by atoms with van der Waals surface area (Å²) in [6.07, 6.45) is 5.63. The first-order chi connectivity index (χ1) is 19.2. The average molecular weight is 556 g/mol. The van der Waals surface area contributed by atoms with Crippen molar-refractivity contribution in [3.8, 4) is 16.9 Å². The molecule has 0 aliphatic heterocycles. The number of nitrogens with zero attached hydrogens (tertiary/aromatic N) is 6. The van der Waals surface area contributed by atoms with Crippen molar-refractivity contribution >= 4 is 40.6 Å². The molecule has 0 atom stereocenters. The lowest BCUT2D eigenvalue weighted by atomic mass is 9.92. The number of carbonyl (C=O) groups is 1. The number of hydrogen-bond acceptors (Lipinski definition) is 6. The Morgan fingerprint density at radius 1 is 1.05 bits per heavy atom. The predicted octanol–water partition coefficient (Wildman–Crippen LogP) is 6.45. The second kappa shape index (κ2) is 9.95. The van der Waals surface area contributed by atoms with Gasteiger partial charge >= 0.3 is 6.03 Å². The molecule has 10 nitrogen and oxygen atoms in total. The van der Waals surface area contributed by atoms with E-state index in [2.05, 4.69) is 51.8 Å². The number of halogens is 1. The van der Waals surface area contributed by atoms with Crippen LogP contribution in [0.25, 0.3) is 22.6 Å². The van der Waals surface area contributed by atoms with E-state index in [0.717, 1.165) is 46.9 Å². The molecule has 3 heterocycles. The fourth-order valence-corrected chi connectivity index (χ4v) is 4.66. The minimum absolute atomic E-state index is 0.208. The van der Waals surface area contributed by atoms with Gasteiger partial charge in [0.2, 0.25) is 0 Å². The SMILES string of the molecule is Cc1cc(NC(=O)Nc2cc(C(C)(C)C)nn2-c2cccc(Cl)c2)ccc1-c1cnc(NC2CC2)c2ncnn12. The van der Waals surface area contributed by atoms with Gasteiger partial charge in [-0.15, -0.1) is 0 Å². The second-order valence-corrected chi connectivity index (χ2v) is 11.5. The minimum Gasteiger partial charge on any atom is -0.364 e. The fraction of sp³-hybridized carbons (Fsp3) is 0.276. The summed E-state index contributed by atoms with van der Waals surface area (Å²) in [5.41, 5.74) is 5.45. The van der Waals surface area contributed by atoms with Gasteiger partial charge in [-0.05, 0) is 55.7 Å². The standard InChI is InChI=1S/C29H30ClN9O/c1-17-12-20(10-11-22(17)23-15-31-26(34-19-8-9-19)27-32-16-33-39(23)27)35-28(40)36-25-14-24(29(2,3)4)37-38(25)21-7-5-6-18(30)13-21/h5-7,10-16,19H,8-9H2,1-4H3,(H,31,34)(H2,35,36,40). The Labute approximate surface area is 236 Å². The monoisotopic (exact) mass is 555 g/mol. The Morgan fingerprint density at radius 2 is 1.88 bits per heavy atom. The van der Waals surface area contributed by atoms with Crippen LogP contribution in [-0.2, 0) is 5.41 Å². The van der Waals surface area contributed by atoms with Crippen LogP contribution in [0.5, 0.6) is 0 Å². The summed E-state index contributed by atoms with van der Waals surface area (Å²) in [5.74, 6) is 1.28. The van der Waals surface area contributed by atoms with E-state index >= 15 is 0 Å². The number of aryl methyl sites for hydroxylation is 1. The van der Waals surface area contributed by atoms with E-state index in [1.807, 2.05) is 49.4 Å². The van der Waals surface area contributed by atoms with Crippen molar-refractivity contribution in [2.24, 2.45) is 0 Å². The topological polar surface area (TPSA) is 114 Å². The summed E-state index contributed by atoms with van der Waals surface area (Å²) in [4.78, 5) is 22.1. The van der Waals surface area contributed by atoms with Gasteiger partial charge in [0.05, 0.1) is 23.3 Å². The summed E-state index contributed by atoms with van der Waals surface area (Å²) >= 11 is 6.23. The Kier molecular flexibility index (Phi) is 6.42. The van der Waals surface area contributed by atoms with Gasteiger partial charge in [-0.2, -0.15) is 10.2 Å². The zero-order chi connectivity index (χ0) is 28.0. The van der Waals surface area contributed by atoms with Crippen LogP contribution in [-0.4, -0.2) is 41.4 Å². The second-order valence-electron chi connectivity index (χ2n) is 11.1. The molecule has 0 bridgehead atoms. The minimum atomic E-state index is -0.383. The molecule has 3 aromatic heterocycles. The largest absolute Gasteiger partial charge is 0.364 e. The number of benzene rings is 2. The number of carbonyl (C=O) groups excluding carboxylic acids is 1. The summed E-state index contributed by atoms with van der Waals surface area (Å²) < 4.78 is 3.49. The van der Waals surface area contributed by atoms with Crippen LogP contribution < -0.4 is 16.0 Å². The predicted molar refractivity (Wildman–Crippen MR) is 158 cm³/mol. The van der Waals surface area contributed by atoms with Crippen molar-refractivity contribution in [2.45, 2.75) is 52.0 Å². The van der Waals surface area contributed by atoms with E-state index in [9.17, 15) is 4.79 Å². The molecule has 0 radical (unpaired) electrons. The van der Waals surface area contributed by atoms with E-state index in [1.54, 1.807) is 21.5 Å². The maximum atomic E-state index is 13.1. The van der Waals surface area contributed by atoms with Gasteiger partial charge in [-0.25, -0.2) is 24.0 Å². The number of nitrogens with one attached hydrogen (secondary N) is 3. The van der Waals surface area contributed by atoms with E-state index < -0.39 is 0 Å². The lowest BCUT2D eigenvalue weighted by Crippen LogP contribution is -2.21. The van der Waals surface area contributed by atoms with Crippen LogP contribution in [0, 0.1) is 6.92 Å². The highest BCUT2D eigenvalue weighted by Gasteiger charge is 2.24. The number of urea groups is 1. The Bertz CT molecular complexity index is 1730. The Morgan fingerprint density at radius 3 is 2.60 bits per heavy atom. The quantitative estimate of drug-likeness (QED) is 0.222. The van der Waals surface area contributed by atoms with Gasteiger partial charge in [0.25, 0.3) is 0 Å². The van der Waals surface area contributed by atoms with Gasteiger partial charge in [0.15, 0.2) is 11.5 Å². The number of amides is 2. The summed E-state index contributed by atoms with van der Waals surface area (Å²) in [5, 5.41) is 19.1. The molecule has 0 saturated heterocycles. The summed E-state index contributed by atoms with van der Waals surface area (Å²) in [6.45, 7) is 8.21. The van der Waals surface area contributed by atoms with Crippen molar-refractivity contribution in [3.63, 3.8) is 0 Å². The number of fused-ring (bicyclic) bond motifs is 1. The van der Waals surface area contributed by atoms with Gasteiger partial charge in [-0.3, -0.25) is 5.32 Å². The molecule has 40 heavy (non-hydrogen) atoms. The van der Waals surface area contributed by atoms with Crippen molar-refractivity contribution < 1.29 is 4.79 Å². The number of rotatable bonds is 6. The zero-order valence-electron chi connectivity index (χ0n) is 22.7. The van der Waals surface area contributed by atoms with Gasteiger partial charge in [0.1, 0.15) is 12.1 Å². The molecule has 0 unspecified atom stereocenters. The molecule has 6 rings (SSSR count). The zero-order valence-corrected chi connectivity index (χ0v) is 23.5. The number of hydrogen-bond donors (Lipinski definition) is 3. The van der Waals surface area contributed by atoms with Crippen molar-refractivity contribution in [3.05, 3.63) is 77.3 Å². The molecule has 0 spiro atoms. The first-order valence-electron chi connectivity index (χ1n) is 13.2. The fourth-order valence-electron chi connectivity index (χ4n) is 4.47. The highest BCUT2D eigenvalue weighted by atomic mass is 35.5. The first kappa shape index (κ1) is 25.8. The molecule has 1 fully saturated rings. The lowest BCUT2D eigenvalue weighted by molar-refractivity contribution is 0.262. The Hall–Kier alpha value is -4.44. The molecule has 1 aliphatic rings. The molecule has 11 heteroatoms. The highest BCUT2D eigenvalue weighted by molar-refractivity contribution is 6.30. The smallest absolute Gasteiger partial charge is 0.324 e. The molecular weight excluding hydrogens is 526 g/mol. The van der Waals surface area contributed by atoms with E-state index in [4.69, 9.17) is 16.7 Å². The molecule has 5 aromatic rings. The van der Waals surface area contributed by atoms with Gasteiger partial charge in [0, 0.05) is 33.8 Å². The number of anilines is 3. The molecule has 1 aliphatic carbocycles. The van der Waals surface area contributed by atoms with Crippen LogP contribution in [0.2, 0.25) is 5.02 Å².